The van der Waals surface area contributed by atoms with Crippen molar-refractivity contribution in [2.75, 3.05) is 13.1 Å². The first-order valence-electron chi connectivity index (χ1n) is 8.70. The van der Waals surface area contributed by atoms with Crippen LogP contribution in [0.25, 0.3) is 5.65 Å². The van der Waals surface area contributed by atoms with Gasteiger partial charge < -0.3 is 14.7 Å². The van der Waals surface area contributed by atoms with E-state index >= 15 is 0 Å². The van der Waals surface area contributed by atoms with E-state index < -0.39 is 0 Å². The highest BCUT2D eigenvalue weighted by atomic mass is 16.6. The normalized spacial score (nSPS) is 17.4. The van der Waals surface area contributed by atoms with Gasteiger partial charge in [0.15, 0.2) is 5.65 Å². The number of aromatic hydroxyl groups is 1. The summed E-state index contributed by atoms with van der Waals surface area (Å²) in [7, 11) is 0. The Kier molecular flexibility index (Phi) is 4.43. The van der Waals surface area contributed by atoms with E-state index in [1.54, 1.807) is 23.2 Å². The summed E-state index contributed by atoms with van der Waals surface area (Å²) >= 11 is 0. The molecule has 1 amide bonds. The zero-order chi connectivity index (χ0) is 17.9. The number of ether oxygens (including phenoxy) is 1. The Morgan fingerprint density at radius 1 is 1.27 bits per heavy atom. The van der Waals surface area contributed by atoms with E-state index in [2.05, 4.69) is 10.1 Å². The van der Waals surface area contributed by atoms with Crippen molar-refractivity contribution in [2.24, 2.45) is 0 Å². The van der Waals surface area contributed by atoms with E-state index in [0.29, 0.717) is 18.7 Å². The van der Waals surface area contributed by atoms with Crippen LogP contribution in [0.5, 0.6) is 5.88 Å². The molecule has 3 aromatic rings. The Morgan fingerprint density at radius 2 is 2.12 bits per heavy atom. The zero-order valence-electron chi connectivity index (χ0n) is 14.3. The maximum absolute atomic E-state index is 12.4. The van der Waals surface area contributed by atoms with Gasteiger partial charge in [-0.3, -0.25) is 0 Å². The van der Waals surface area contributed by atoms with Gasteiger partial charge in [0, 0.05) is 31.1 Å². The molecule has 0 spiro atoms. The fourth-order valence-electron chi connectivity index (χ4n) is 3.32. The molecule has 1 N–H and O–H groups in total. The Balaban J connectivity index is 1.43. The number of fused-ring (bicyclic) bond motifs is 1. The molecule has 26 heavy (non-hydrogen) atoms. The van der Waals surface area contributed by atoms with E-state index in [-0.39, 0.29) is 24.5 Å². The molecular weight excluding hydrogens is 332 g/mol. The third-order valence-corrected chi connectivity index (χ3v) is 4.66. The molecule has 2 aromatic heterocycles. The van der Waals surface area contributed by atoms with Crippen molar-refractivity contribution < 1.29 is 14.6 Å². The standard InChI is InChI=1S/C19H20N4O3/c24-18-11-16(21-17-8-9-20-23(17)18)15-7-4-10-22(12-15)19(25)26-13-14-5-2-1-3-6-14/h1-3,5-6,8-9,11,15,24H,4,7,10,12-13H2. The number of amides is 1. The van der Waals surface area contributed by atoms with E-state index in [1.807, 2.05) is 30.3 Å². The molecule has 0 saturated carbocycles. The van der Waals surface area contributed by atoms with Crippen LogP contribution in [0.3, 0.4) is 0 Å². The van der Waals surface area contributed by atoms with Crippen molar-refractivity contribution >= 4 is 11.7 Å². The quantitative estimate of drug-likeness (QED) is 0.784. The number of benzene rings is 1. The average Bonchev–Trinajstić information content (AvgIpc) is 3.16. The van der Waals surface area contributed by atoms with Gasteiger partial charge in [0.05, 0.1) is 11.9 Å². The minimum Gasteiger partial charge on any atom is -0.493 e. The van der Waals surface area contributed by atoms with Gasteiger partial charge in [0.2, 0.25) is 5.88 Å². The lowest BCUT2D eigenvalue weighted by Crippen LogP contribution is -2.39. The molecule has 0 radical (unpaired) electrons. The maximum Gasteiger partial charge on any atom is 0.410 e. The topological polar surface area (TPSA) is 80.0 Å². The Hall–Kier alpha value is -3.09. The van der Waals surface area contributed by atoms with Crippen molar-refractivity contribution in [3.8, 4) is 5.88 Å². The highest BCUT2D eigenvalue weighted by molar-refractivity contribution is 5.68. The number of carbonyl (C=O) groups is 1. The largest absolute Gasteiger partial charge is 0.493 e. The van der Waals surface area contributed by atoms with Crippen molar-refractivity contribution in [1.82, 2.24) is 19.5 Å². The lowest BCUT2D eigenvalue weighted by Gasteiger charge is -2.31. The van der Waals surface area contributed by atoms with E-state index in [1.165, 1.54) is 4.52 Å². The SMILES string of the molecule is O=C(OCc1ccccc1)N1CCCC(c2cc(O)n3nccc3n2)C1. The number of aromatic nitrogens is 3. The fourth-order valence-corrected chi connectivity index (χ4v) is 3.32. The van der Waals surface area contributed by atoms with Gasteiger partial charge in [-0.25, -0.2) is 9.78 Å². The van der Waals surface area contributed by atoms with Gasteiger partial charge in [-0.15, -0.1) is 0 Å². The third-order valence-electron chi connectivity index (χ3n) is 4.66. The third kappa shape index (κ3) is 3.33. The lowest BCUT2D eigenvalue weighted by molar-refractivity contribution is 0.0856. The minimum absolute atomic E-state index is 0.0544. The molecule has 7 heteroatoms. The molecule has 1 aliphatic heterocycles. The van der Waals surface area contributed by atoms with Gasteiger partial charge in [-0.1, -0.05) is 30.3 Å². The average molecular weight is 352 g/mol. The zero-order valence-corrected chi connectivity index (χ0v) is 14.3. The summed E-state index contributed by atoms with van der Waals surface area (Å²) in [6, 6.07) is 13.0. The number of carbonyl (C=O) groups excluding carboxylic acids is 1. The molecule has 3 heterocycles. The van der Waals surface area contributed by atoms with E-state index in [0.717, 1.165) is 24.1 Å². The van der Waals surface area contributed by atoms with Crippen molar-refractivity contribution in [3.05, 3.63) is 59.9 Å². The molecule has 1 aliphatic rings. The first-order valence-corrected chi connectivity index (χ1v) is 8.70. The second kappa shape index (κ2) is 7.03. The van der Waals surface area contributed by atoms with Crippen LogP contribution in [-0.4, -0.2) is 43.8 Å². The highest BCUT2D eigenvalue weighted by Crippen LogP contribution is 2.28. The second-order valence-electron chi connectivity index (χ2n) is 6.47. The summed E-state index contributed by atoms with van der Waals surface area (Å²) < 4.78 is 6.82. The second-order valence-corrected chi connectivity index (χ2v) is 6.47. The molecule has 4 rings (SSSR count). The van der Waals surface area contributed by atoms with Crippen molar-refractivity contribution in [2.45, 2.75) is 25.4 Å². The number of rotatable bonds is 3. The number of hydrogen-bond acceptors (Lipinski definition) is 5. The number of likely N-dealkylation sites (tertiary alicyclic amines) is 1. The monoisotopic (exact) mass is 352 g/mol. The van der Waals surface area contributed by atoms with Crippen LogP contribution in [0.1, 0.15) is 30.0 Å². The van der Waals surface area contributed by atoms with Crippen LogP contribution >= 0.6 is 0 Å². The molecule has 1 fully saturated rings. The predicted molar refractivity (Wildman–Crippen MR) is 94.8 cm³/mol. The molecule has 1 atom stereocenters. The van der Waals surface area contributed by atoms with Crippen LogP contribution in [0.2, 0.25) is 0 Å². The van der Waals surface area contributed by atoms with Gasteiger partial charge in [0.25, 0.3) is 0 Å². The lowest BCUT2D eigenvalue weighted by atomic mass is 9.95. The predicted octanol–water partition coefficient (Wildman–Crippen LogP) is 2.95. The van der Waals surface area contributed by atoms with Gasteiger partial charge in [0.1, 0.15) is 6.61 Å². The van der Waals surface area contributed by atoms with Crippen LogP contribution in [0.4, 0.5) is 4.79 Å². The van der Waals surface area contributed by atoms with Crippen LogP contribution in [0, 0.1) is 0 Å². The summed E-state index contributed by atoms with van der Waals surface area (Å²) in [5, 5.41) is 14.1. The molecular formula is C19H20N4O3. The smallest absolute Gasteiger partial charge is 0.410 e. The summed E-state index contributed by atoms with van der Waals surface area (Å²) in [5.41, 5.74) is 2.34. The van der Waals surface area contributed by atoms with Gasteiger partial charge in [-0.05, 0) is 18.4 Å². The van der Waals surface area contributed by atoms with Gasteiger partial charge in [-0.2, -0.15) is 9.61 Å². The summed E-state index contributed by atoms with van der Waals surface area (Å²) in [6.07, 6.45) is 3.07. The molecule has 0 bridgehead atoms. The molecule has 0 aliphatic carbocycles. The number of nitrogens with zero attached hydrogens (tertiary/aromatic N) is 4. The van der Waals surface area contributed by atoms with Crippen molar-refractivity contribution in [3.63, 3.8) is 0 Å². The molecule has 1 saturated heterocycles. The highest BCUT2D eigenvalue weighted by Gasteiger charge is 2.27. The molecule has 1 unspecified atom stereocenters. The van der Waals surface area contributed by atoms with Crippen molar-refractivity contribution in [1.29, 1.82) is 0 Å². The van der Waals surface area contributed by atoms with Crippen LogP contribution in [0.15, 0.2) is 48.7 Å². The van der Waals surface area contributed by atoms with Crippen LogP contribution < -0.4 is 0 Å². The fraction of sp³-hybridized carbons (Fsp3) is 0.316. The molecule has 134 valence electrons. The Labute approximate surface area is 150 Å². The Bertz CT molecular complexity index is 910. The minimum atomic E-state index is -0.312. The molecule has 1 aromatic carbocycles. The molecule has 7 nitrogen and oxygen atoms in total. The van der Waals surface area contributed by atoms with Gasteiger partial charge >= 0.3 is 6.09 Å². The van der Waals surface area contributed by atoms with E-state index in [9.17, 15) is 9.90 Å². The van der Waals surface area contributed by atoms with Crippen LogP contribution in [-0.2, 0) is 11.3 Å². The summed E-state index contributed by atoms with van der Waals surface area (Å²) in [4.78, 5) is 18.7. The van der Waals surface area contributed by atoms with E-state index in [4.69, 9.17) is 4.74 Å². The summed E-state index contributed by atoms with van der Waals surface area (Å²) in [6.45, 7) is 1.47. The first kappa shape index (κ1) is 16.4. The number of hydrogen-bond donors (Lipinski definition) is 1. The number of piperidine rings is 1. The Morgan fingerprint density at radius 3 is 2.96 bits per heavy atom. The summed E-state index contributed by atoms with van der Waals surface area (Å²) in [5.74, 6) is 0.123. The maximum atomic E-state index is 12.4. The first-order chi connectivity index (χ1) is 12.7.